The van der Waals surface area contributed by atoms with Gasteiger partial charge in [0.25, 0.3) is 17.0 Å². The Morgan fingerprint density at radius 2 is 1.52 bits per heavy atom. The van der Waals surface area contributed by atoms with Crippen LogP contribution in [0.3, 0.4) is 0 Å². The highest BCUT2D eigenvalue weighted by Crippen LogP contribution is 2.38. The first-order valence-corrected chi connectivity index (χ1v) is 7.36. The molecule has 2 heterocycles. The normalized spacial score (nSPS) is 11.3. The third kappa shape index (κ3) is 2.27. The molecule has 0 aliphatic rings. The summed E-state index contributed by atoms with van der Waals surface area (Å²) < 4.78 is 1.57. The Bertz CT molecular complexity index is 1430. The van der Waals surface area contributed by atoms with E-state index in [2.05, 4.69) is 10.2 Å². The van der Waals surface area contributed by atoms with Crippen LogP contribution in [0.4, 0.5) is 22.7 Å². The SMILES string of the molecule is O=[N+]([O-])c1cc([N+](=O)[O-])c2[nH][n+]3c4c(O)c([N+](=O)[O-])cc([N+](=O)[O-])c4nn3c2c1. The molecule has 146 valence electrons. The number of aromatic amines is 1. The Kier molecular flexibility index (Phi) is 3.32. The van der Waals surface area contributed by atoms with Gasteiger partial charge < -0.3 is 5.11 Å². The minimum atomic E-state index is -1.05. The van der Waals surface area contributed by atoms with Gasteiger partial charge in [-0.25, -0.2) is 0 Å². The number of benzene rings is 2. The number of fused-ring (bicyclic) bond motifs is 5. The fourth-order valence-corrected chi connectivity index (χ4v) is 2.92. The molecule has 4 rings (SSSR count). The van der Waals surface area contributed by atoms with E-state index in [-0.39, 0.29) is 11.0 Å². The maximum Gasteiger partial charge on any atom is 0.334 e. The van der Waals surface area contributed by atoms with E-state index in [9.17, 15) is 45.6 Å². The lowest BCUT2D eigenvalue weighted by atomic mass is 10.2. The summed E-state index contributed by atoms with van der Waals surface area (Å²) in [7, 11) is 0. The van der Waals surface area contributed by atoms with Crippen LogP contribution in [0.15, 0.2) is 18.2 Å². The predicted molar refractivity (Wildman–Crippen MR) is 88.5 cm³/mol. The zero-order valence-electron chi connectivity index (χ0n) is 13.6. The first-order valence-electron chi connectivity index (χ1n) is 7.36. The topological polar surface area (TPSA) is 230 Å². The molecule has 17 heteroatoms. The number of aromatic nitrogens is 4. The molecule has 0 amide bonds. The molecule has 0 fully saturated rings. The van der Waals surface area contributed by atoms with E-state index in [0.717, 1.165) is 15.3 Å². The molecule has 29 heavy (non-hydrogen) atoms. The van der Waals surface area contributed by atoms with E-state index in [4.69, 9.17) is 0 Å². The zero-order valence-corrected chi connectivity index (χ0v) is 13.6. The average Bonchev–Trinajstić information content (AvgIpc) is 3.16. The number of rotatable bonds is 4. The molecule has 4 aromatic rings. The molecule has 0 aliphatic carbocycles. The van der Waals surface area contributed by atoms with Crippen molar-refractivity contribution in [3.05, 3.63) is 58.7 Å². The maximum atomic E-state index is 11.3. The monoisotopic (exact) mass is 405 g/mol. The highest BCUT2D eigenvalue weighted by atomic mass is 16.6. The summed E-state index contributed by atoms with van der Waals surface area (Å²) in [5.74, 6) is -0.987. The second-order valence-electron chi connectivity index (χ2n) is 5.66. The van der Waals surface area contributed by atoms with Crippen LogP contribution in [0.2, 0.25) is 0 Å². The smallest absolute Gasteiger partial charge is 0.334 e. The summed E-state index contributed by atoms with van der Waals surface area (Å²) in [5, 5.41) is 61.4. The summed E-state index contributed by atoms with van der Waals surface area (Å²) in [6.07, 6.45) is 0. The number of hydrogen-bond acceptors (Lipinski definition) is 10. The lowest BCUT2D eigenvalue weighted by molar-refractivity contribution is -0.650. The Morgan fingerprint density at radius 1 is 0.897 bits per heavy atom. The van der Waals surface area contributed by atoms with E-state index in [1.165, 1.54) is 0 Å². The van der Waals surface area contributed by atoms with Gasteiger partial charge in [-0.15, -0.1) is 0 Å². The van der Waals surface area contributed by atoms with Crippen LogP contribution in [0, 0.1) is 40.5 Å². The second-order valence-corrected chi connectivity index (χ2v) is 5.66. The number of phenolic OH excluding ortho intramolecular Hbond substituents is 1. The molecule has 0 saturated heterocycles. The van der Waals surface area contributed by atoms with Gasteiger partial charge in [-0.1, -0.05) is 0 Å². The molecule has 0 unspecified atom stereocenters. The molecular formula is C12H5N8O9+. The number of nitrogens with zero attached hydrogens (tertiary/aromatic N) is 7. The van der Waals surface area contributed by atoms with Gasteiger partial charge in [0.15, 0.2) is 11.0 Å². The Hall–Kier alpha value is -4.96. The van der Waals surface area contributed by atoms with Gasteiger partial charge in [0.05, 0.1) is 36.9 Å². The number of nitro benzene ring substituents is 4. The van der Waals surface area contributed by atoms with Crippen molar-refractivity contribution in [2.75, 3.05) is 0 Å². The van der Waals surface area contributed by atoms with Gasteiger partial charge in [-0.2, -0.15) is 5.10 Å². The molecule has 0 spiro atoms. The number of H-pyrrole nitrogens is 1. The molecule has 0 atom stereocenters. The van der Waals surface area contributed by atoms with Crippen LogP contribution in [-0.2, 0) is 0 Å². The van der Waals surface area contributed by atoms with Crippen molar-refractivity contribution in [3.8, 4) is 5.75 Å². The third-order valence-corrected chi connectivity index (χ3v) is 4.12. The number of nitro groups is 4. The van der Waals surface area contributed by atoms with Crippen molar-refractivity contribution in [1.82, 2.24) is 14.8 Å². The molecule has 2 N–H and O–H groups in total. The van der Waals surface area contributed by atoms with E-state index in [0.29, 0.717) is 12.1 Å². The summed E-state index contributed by atoms with van der Waals surface area (Å²) in [6, 6.07) is 2.12. The standard InChI is InChI=1S/C12H4N8O9/c21-12-8(20(28)29)3-7(19(26)27)10-11(12)16-13-9-5(15(16)14-10)1-4(17(22)23)2-6(9)18(24)25/h1-3H,(H-,13,14,21)/p+1. The van der Waals surface area contributed by atoms with Crippen LogP contribution in [-0.4, -0.2) is 39.6 Å². The zero-order chi connectivity index (χ0) is 21.2. The second kappa shape index (κ2) is 5.52. The summed E-state index contributed by atoms with van der Waals surface area (Å²) in [5.41, 5.74) is -4.66. The number of phenols is 1. The van der Waals surface area contributed by atoms with Gasteiger partial charge in [0, 0.05) is 4.63 Å². The van der Waals surface area contributed by atoms with Crippen LogP contribution in [0.5, 0.6) is 5.75 Å². The van der Waals surface area contributed by atoms with Crippen molar-refractivity contribution >= 4 is 44.8 Å². The van der Waals surface area contributed by atoms with Gasteiger partial charge in [-0.3, -0.25) is 40.5 Å². The highest BCUT2D eigenvalue weighted by Gasteiger charge is 2.38. The third-order valence-electron chi connectivity index (χ3n) is 4.12. The Balaban J connectivity index is 2.26. The van der Waals surface area contributed by atoms with Crippen molar-refractivity contribution < 1.29 is 29.4 Å². The fraction of sp³-hybridized carbons (Fsp3) is 0. The highest BCUT2D eigenvalue weighted by molar-refractivity contribution is 5.92. The van der Waals surface area contributed by atoms with Gasteiger partial charge in [-0.05, 0) is 4.63 Å². The molecular weight excluding hydrogens is 400 g/mol. The lowest BCUT2D eigenvalue weighted by Crippen LogP contribution is -2.28. The summed E-state index contributed by atoms with van der Waals surface area (Å²) in [4.78, 5) is 41.0. The van der Waals surface area contributed by atoms with Crippen LogP contribution >= 0.6 is 0 Å². The average molecular weight is 405 g/mol. The summed E-state index contributed by atoms with van der Waals surface area (Å²) in [6.45, 7) is 0. The number of non-ortho nitro benzene ring substituents is 3. The minimum absolute atomic E-state index is 0.224. The lowest BCUT2D eigenvalue weighted by Gasteiger charge is -1.95. The predicted octanol–water partition coefficient (Wildman–Crippen LogP) is 0.893. The Labute approximate surface area is 154 Å². The minimum Gasteiger partial charge on any atom is -0.499 e. The number of aromatic hydroxyl groups is 1. The van der Waals surface area contributed by atoms with Crippen molar-refractivity contribution in [2.24, 2.45) is 0 Å². The van der Waals surface area contributed by atoms with Crippen LogP contribution in [0.1, 0.15) is 0 Å². The molecule has 0 saturated carbocycles. The van der Waals surface area contributed by atoms with E-state index < -0.39 is 59.2 Å². The molecule has 0 aliphatic heterocycles. The molecule has 2 aromatic heterocycles. The van der Waals surface area contributed by atoms with Crippen molar-refractivity contribution in [1.29, 1.82) is 0 Å². The van der Waals surface area contributed by atoms with Gasteiger partial charge in [0.1, 0.15) is 6.07 Å². The van der Waals surface area contributed by atoms with E-state index in [1.54, 1.807) is 0 Å². The summed E-state index contributed by atoms with van der Waals surface area (Å²) >= 11 is 0. The van der Waals surface area contributed by atoms with Gasteiger partial charge in [0.2, 0.25) is 0 Å². The molecule has 2 aromatic carbocycles. The van der Waals surface area contributed by atoms with E-state index >= 15 is 0 Å². The van der Waals surface area contributed by atoms with Crippen molar-refractivity contribution in [2.45, 2.75) is 0 Å². The van der Waals surface area contributed by atoms with Crippen LogP contribution < -0.4 is 4.63 Å². The fourth-order valence-electron chi connectivity index (χ4n) is 2.92. The van der Waals surface area contributed by atoms with E-state index in [1.807, 2.05) is 0 Å². The maximum absolute atomic E-state index is 11.3. The number of hydrogen-bond donors (Lipinski definition) is 2. The van der Waals surface area contributed by atoms with Crippen molar-refractivity contribution in [3.63, 3.8) is 0 Å². The van der Waals surface area contributed by atoms with Crippen LogP contribution in [0.25, 0.3) is 22.1 Å². The molecule has 17 nitrogen and oxygen atoms in total. The quantitative estimate of drug-likeness (QED) is 0.276. The largest absolute Gasteiger partial charge is 0.499 e. The Morgan fingerprint density at radius 3 is 2.07 bits per heavy atom. The first kappa shape index (κ1) is 17.5. The first-order chi connectivity index (χ1) is 13.6. The van der Waals surface area contributed by atoms with Gasteiger partial charge >= 0.3 is 22.6 Å². The molecule has 0 radical (unpaired) electrons. The molecule has 0 bridgehead atoms. The number of nitrogens with one attached hydrogen (secondary N) is 1.